The number of halogens is 1. The minimum atomic E-state index is -0.0944. The van der Waals surface area contributed by atoms with Crippen LogP contribution in [0.1, 0.15) is 63.2 Å². The molecule has 184 valence electrons. The summed E-state index contributed by atoms with van der Waals surface area (Å²) in [4.78, 5) is 19.8. The van der Waals surface area contributed by atoms with Crippen molar-refractivity contribution in [3.05, 3.63) is 67.5 Å². The van der Waals surface area contributed by atoms with Gasteiger partial charge < -0.3 is 14.8 Å². The average molecular weight is 556 g/mol. The predicted molar refractivity (Wildman–Crippen MR) is 149 cm³/mol. The third-order valence-electron chi connectivity index (χ3n) is 6.18. The van der Waals surface area contributed by atoms with Gasteiger partial charge in [-0.1, -0.05) is 18.9 Å². The van der Waals surface area contributed by atoms with E-state index in [4.69, 9.17) is 14.5 Å². The number of benzene rings is 2. The quantitative estimate of drug-likeness (QED) is 0.316. The smallest absolute Gasteiger partial charge is 0.259 e. The van der Waals surface area contributed by atoms with Gasteiger partial charge in [0.2, 0.25) is 0 Å². The molecule has 1 N–H and O–H groups in total. The first-order valence-corrected chi connectivity index (χ1v) is 13.5. The van der Waals surface area contributed by atoms with Crippen LogP contribution < -0.4 is 14.8 Å². The standard InChI is InChI=1S/C28H31BrN2O3S/c1-17-11-18(2)13-20(12-17)31-27(32)26-21-9-7-5-6-8-10-25(21)35-28(26)30-16-19-14-22(29)24(34-4)15-23(19)33-3/h11-16H,5-10H2,1-4H3,(H,31,32). The Balaban J connectivity index is 1.75. The molecule has 1 amide bonds. The first kappa shape index (κ1) is 25.5. The van der Waals surface area contributed by atoms with Gasteiger partial charge in [-0.25, -0.2) is 4.99 Å². The number of hydrogen-bond acceptors (Lipinski definition) is 5. The maximum absolute atomic E-state index is 13.6. The first-order valence-electron chi connectivity index (χ1n) is 11.9. The number of carbonyl (C=O) groups is 1. The molecule has 3 aromatic rings. The third-order valence-corrected chi connectivity index (χ3v) is 8.00. The van der Waals surface area contributed by atoms with Crippen molar-refractivity contribution in [2.45, 2.75) is 52.4 Å². The number of aliphatic imine (C=N–C) groups is 1. The number of aryl methyl sites for hydroxylation is 3. The minimum Gasteiger partial charge on any atom is -0.496 e. The van der Waals surface area contributed by atoms with Crippen LogP contribution in [0.3, 0.4) is 0 Å². The normalized spacial score (nSPS) is 13.7. The maximum Gasteiger partial charge on any atom is 0.259 e. The van der Waals surface area contributed by atoms with E-state index in [1.165, 1.54) is 17.7 Å². The molecule has 7 heteroatoms. The van der Waals surface area contributed by atoms with Crippen LogP contribution in [0.2, 0.25) is 0 Å². The van der Waals surface area contributed by atoms with Crippen LogP contribution in [0.15, 0.2) is 39.8 Å². The largest absolute Gasteiger partial charge is 0.496 e. The minimum absolute atomic E-state index is 0.0944. The van der Waals surface area contributed by atoms with E-state index >= 15 is 0 Å². The zero-order chi connectivity index (χ0) is 24.9. The monoisotopic (exact) mass is 554 g/mol. The molecule has 1 heterocycles. The van der Waals surface area contributed by atoms with E-state index in [0.29, 0.717) is 17.1 Å². The van der Waals surface area contributed by atoms with Crippen LogP contribution in [0, 0.1) is 13.8 Å². The second-order valence-electron chi connectivity index (χ2n) is 8.92. The fourth-order valence-electron chi connectivity index (χ4n) is 4.58. The number of methoxy groups -OCH3 is 2. The molecule has 4 rings (SSSR count). The van der Waals surface area contributed by atoms with Gasteiger partial charge in [-0.15, -0.1) is 11.3 Å². The van der Waals surface area contributed by atoms with Gasteiger partial charge in [-0.05, 0) is 90.4 Å². The van der Waals surface area contributed by atoms with E-state index in [1.54, 1.807) is 31.8 Å². The van der Waals surface area contributed by atoms with Crippen LogP contribution in [0.25, 0.3) is 0 Å². The Kier molecular flexibility index (Phi) is 8.29. The summed E-state index contributed by atoms with van der Waals surface area (Å²) in [5, 5.41) is 3.89. The van der Waals surface area contributed by atoms with Crippen LogP contribution in [-0.2, 0) is 12.8 Å². The van der Waals surface area contributed by atoms with E-state index in [1.807, 2.05) is 38.1 Å². The average Bonchev–Trinajstić information content (AvgIpc) is 3.13. The number of nitrogens with zero attached hydrogens (tertiary/aromatic N) is 1. The first-order chi connectivity index (χ1) is 16.9. The van der Waals surface area contributed by atoms with E-state index < -0.39 is 0 Å². The number of nitrogens with one attached hydrogen (secondary N) is 1. The summed E-state index contributed by atoms with van der Waals surface area (Å²) in [6.45, 7) is 4.08. The molecule has 0 atom stereocenters. The van der Waals surface area contributed by atoms with Crippen LogP contribution in [0.5, 0.6) is 11.5 Å². The van der Waals surface area contributed by atoms with Crippen molar-refractivity contribution in [2.75, 3.05) is 19.5 Å². The molecule has 0 aliphatic heterocycles. The Hall–Kier alpha value is -2.64. The summed E-state index contributed by atoms with van der Waals surface area (Å²) in [5.74, 6) is 1.25. The second-order valence-corrected chi connectivity index (χ2v) is 10.9. The molecule has 1 aromatic heterocycles. The van der Waals surface area contributed by atoms with Gasteiger partial charge >= 0.3 is 0 Å². The highest BCUT2D eigenvalue weighted by Gasteiger charge is 2.24. The van der Waals surface area contributed by atoms with E-state index in [2.05, 4.69) is 27.3 Å². The van der Waals surface area contributed by atoms with Crippen molar-refractivity contribution in [3.63, 3.8) is 0 Å². The highest BCUT2D eigenvalue weighted by atomic mass is 79.9. The Morgan fingerprint density at radius 3 is 2.34 bits per heavy atom. The second kappa shape index (κ2) is 11.4. The number of thiophene rings is 1. The van der Waals surface area contributed by atoms with Crippen molar-refractivity contribution in [1.82, 2.24) is 0 Å². The number of anilines is 1. The van der Waals surface area contributed by atoms with E-state index in [-0.39, 0.29) is 5.91 Å². The molecule has 1 aliphatic rings. The van der Waals surface area contributed by atoms with Crippen LogP contribution >= 0.6 is 27.3 Å². The summed E-state index contributed by atoms with van der Waals surface area (Å²) < 4.78 is 11.8. The highest BCUT2D eigenvalue weighted by Crippen LogP contribution is 2.40. The third kappa shape index (κ3) is 5.96. The van der Waals surface area contributed by atoms with Crippen molar-refractivity contribution < 1.29 is 14.3 Å². The van der Waals surface area contributed by atoms with Gasteiger partial charge in [0.05, 0.1) is 24.3 Å². The number of fused-ring (bicyclic) bond motifs is 1. The summed E-state index contributed by atoms with van der Waals surface area (Å²) >= 11 is 5.18. The van der Waals surface area contributed by atoms with E-state index in [9.17, 15) is 4.79 Å². The summed E-state index contributed by atoms with van der Waals surface area (Å²) in [5.41, 5.74) is 5.73. The molecule has 1 aliphatic carbocycles. The van der Waals surface area contributed by atoms with Gasteiger partial charge in [-0.2, -0.15) is 0 Å². The Morgan fingerprint density at radius 2 is 1.66 bits per heavy atom. The number of hydrogen-bond donors (Lipinski definition) is 1. The number of ether oxygens (including phenoxy) is 2. The molecular formula is C28H31BrN2O3S. The van der Waals surface area contributed by atoms with Crippen molar-refractivity contribution >= 4 is 50.1 Å². The lowest BCUT2D eigenvalue weighted by atomic mass is 9.96. The Morgan fingerprint density at radius 1 is 0.971 bits per heavy atom. The predicted octanol–water partition coefficient (Wildman–Crippen LogP) is 7.81. The molecule has 0 spiro atoms. The molecule has 0 unspecified atom stereocenters. The molecule has 0 fully saturated rings. The lowest BCUT2D eigenvalue weighted by Crippen LogP contribution is -2.14. The molecule has 2 aromatic carbocycles. The lowest BCUT2D eigenvalue weighted by molar-refractivity contribution is 0.102. The van der Waals surface area contributed by atoms with Crippen molar-refractivity contribution in [2.24, 2.45) is 4.99 Å². The Bertz CT molecular complexity index is 1250. The molecule has 0 radical (unpaired) electrons. The van der Waals surface area contributed by atoms with Crippen LogP contribution in [-0.4, -0.2) is 26.3 Å². The molecule has 0 saturated carbocycles. The van der Waals surface area contributed by atoms with Crippen molar-refractivity contribution in [1.29, 1.82) is 0 Å². The van der Waals surface area contributed by atoms with Crippen molar-refractivity contribution in [3.8, 4) is 11.5 Å². The lowest BCUT2D eigenvalue weighted by Gasteiger charge is -2.12. The van der Waals surface area contributed by atoms with Gasteiger partial charge in [0.15, 0.2) is 0 Å². The summed E-state index contributed by atoms with van der Waals surface area (Å²) in [7, 11) is 3.24. The van der Waals surface area contributed by atoms with E-state index in [0.717, 1.165) is 63.1 Å². The summed E-state index contributed by atoms with van der Waals surface area (Å²) in [6.07, 6.45) is 8.35. The van der Waals surface area contributed by atoms with Crippen LogP contribution in [0.4, 0.5) is 10.7 Å². The Labute approximate surface area is 219 Å². The van der Waals surface area contributed by atoms with Gasteiger partial charge in [0.1, 0.15) is 16.5 Å². The summed E-state index contributed by atoms with van der Waals surface area (Å²) in [6, 6.07) is 9.85. The molecule has 0 bridgehead atoms. The van der Waals surface area contributed by atoms with Gasteiger partial charge in [-0.3, -0.25) is 4.79 Å². The molecule has 35 heavy (non-hydrogen) atoms. The fourth-order valence-corrected chi connectivity index (χ4v) is 6.34. The zero-order valence-electron chi connectivity index (χ0n) is 20.7. The van der Waals surface area contributed by atoms with Gasteiger partial charge in [0.25, 0.3) is 5.91 Å². The number of amides is 1. The molecular weight excluding hydrogens is 524 g/mol. The SMILES string of the molecule is COc1cc(OC)c(C=Nc2sc3c(c2C(=O)Nc2cc(C)cc(C)c2)CCCCCC3)cc1Br. The van der Waals surface area contributed by atoms with Gasteiger partial charge in [0, 0.05) is 28.4 Å². The number of carbonyl (C=O) groups excluding carboxylic acids is 1. The molecule has 5 nitrogen and oxygen atoms in total. The highest BCUT2D eigenvalue weighted by molar-refractivity contribution is 9.10. The maximum atomic E-state index is 13.6. The fraction of sp³-hybridized carbons (Fsp3) is 0.357. The zero-order valence-corrected chi connectivity index (χ0v) is 23.1. The number of rotatable bonds is 6. The topological polar surface area (TPSA) is 59.9 Å². The molecule has 0 saturated heterocycles.